The van der Waals surface area contributed by atoms with E-state index < -0.39 is 0 Å². The van der Waals surface area contributed by atoms with Crippen LogP contribution in [0.2, 0.25) is 0 Å². The number of ether oxygens (including phenoxy) is 1. The Morgan fingerprint density at radius 2 is 2.22 bits per heavy atom. The summed E-state index contributed by atoms with van der Waals surface area (Å²) in [6.45, 7) is 4.69. The van der Waals surface area contributed by atoms with Gasteiger partial charge in [-0.3, -0.25) is 4.99 Å². The Morgan fingerprint density at radius 1 is 1.44 bits per heavy atom. The van der Waals surface area contributed by atoms with Gasteiger partial charge in [-0.2, -0.15) is 0 Å². The highest BCUT2D eigenvalue weighted by Crippen LogP contribution is 2.35. The number of rotatable bonds is 3. The first kappa shape index (κ1) is 12.4. The van der Waals surface area contributed by atoms with Crippen LogP contribution in [0.25, 0.3) is 0 Å². The normalized spacial score (nSPS) is 21.3. The summed E-state index contributed by atoms with van der Waals surface area (Å²) in [7, 11) is 0. The monoisotopic (exact) mass is 247 g/mol. The van der Waals surface area contributed by atoms with Crippen molar-refractivity contribution in [3.63, 3.8) is 0 Å². The number of nitrogens with two attached hydrogens (primary N) is 2. The lowest BCUT2D eigenvalue weighted by Crippen LogP contribution is -2.12. The van der Waals surface area contributed by atoms with Gasteiger partial charge in [0.2, 0.25) is 0 Å². The number of hydrogen-bond acceptors (Lipinski definition) is 5. The number of aliphatic hydroxyl groups excluding tert-OH is 1. The average molecular weight is 247 g/mol. The molecule has 1 heterocycles. The van der Waals surface area contributed by atoms with Gasteiger partial charge in [-0.05, 0) is 29.3 Å². The molecule has 1 fully saturated rings. The fourth-order valence-electron chi connectivity index (χ4n) is 2.00. The van der Waals surface area contributed by atoms with Gasteiger partial charge in [0.25, 0.3) is 0 Å². The SMILES string of the molecule is C=C1COC(=NCCO)C1c1cc(N)ccc1N. The van der Waals surface area contributed by atoms with Gasteiger partial charge in [-0.25, -0.2) is 0 Å². The van der Waals surface area contributed by atoms with Crippen LogP contribution < -0.4 is 11.5 Å². The number of anilines is 2. The largest absolute Gasteiger partial charge is 0.476 e. The Labute approximate surface area is 106 Å². The lowest BCUT2D eigenvalue weighted by Gasteiger charge is -2.14. The number of nitrogens with zero attached hydrogens (tertiary/aromatic N) is 1. The van der Waals surface area contributed by atoms with Crippen molar-refractivity contribution < 1.29 is 9.84 Å². The van der Waals surface area contributed by atoms with Crippen molar-refractivity contribution in [2.45, 2.75) is 5.92 Å². The van der Waals surface area contributed by atoms with Gasteiger partial charge in [0.05, 0.1) is 19.1 Å². The summed E-state index contributed by atoms with van der Waals surface area (Å²) in [4.78, 5) is 4.21. The van der Waals surface area contributed by atoms with E-state index in [0.29, 0.717) is 30.4 Å². The molecule has 0 radical (unpaired) electrons. The molecule has 1 unspecified atom stereocenters. The molecule has 1 atom stereocenters. The predicted octanol–water partition coefficient (Wildman–Crippen LogP) is 0.912. The lowest BCUT2D eigenvalue weighted by molar-refractivity contribution is 0.303. The molecule has 0 aliphatic carbocycles. The van der Waals surface area contributed by atoms with Crippen LogP contribution in [-0.4, -0.2) is 30.8 Å². The number of aliphatic hydroxyl groups is 1. The fraction of sp³-hybridized carbons (Fsp3) is 0.308. The van der Waals surface area contributed by atoms with E-state index in [2.05, 4.69) is 11.6 Å². The summed E-state index contributed by atoms with van der Waals surface area (Å²) in [5, 5.41) is 8.82. The number of aliphatic imine (C=N–C) groups is 1. The van der Waals surface area contributed by atoms with Crippen molar-refractivity contribution in [3.8, 4) is 0 Å². The molecule has 1 aromatic rings. The maximum absolute atomic E-state index is 8.82. The minimum Gasteiger partial charge on any atom is -0.476 e. The van der Waals surface area contributed by atoms with Crippen LogP contribution in [0, 0.1) is 0 Å². The van der Waals surface area contributed by atoms with E-state index in [-0.39, 0.29) is 12.5 Å². The molecule has 0 spiro atoms. The molecule has 0 aromatic heterocycles. The van der Waals surface area contributed by atoms with Gasteiger partial charge in [0, 0.05) is 11.4 Å². The molecule has 1 aromatic carbocycles. The number of hydrogen-bond donors (Lipinski definition) is 3. The molecule has 18 heavy (non-hydrogen) atoms. The van der Waals surface area contributed by atoms with E-state index in [0.717, 1.165) is 11.1 Å². The zero-order valence-corrected chi connectivity index (χ0v) is 10.1. The average Bonchev–Trinajstić information content (AvgIpc) is 2.71. The first-order chi connectivity index (χ1) is 8.63. The Balaban J connectivity index is 2.39. The molecule has 5 N–H and O–H groups in total. The smallest absolute Gasteiger partial charge is 0.195 e. The highest BCUT2D eigenvalue weighted by atomic mass is 16.5. The standard InChI is InChI=1S/C13H17N3O2/c1-8-7-18-13(16-4-5-17)12(8)10-6-9(14)2-3-11(10)15/h2-3,6,12,17H,1,4-5,7,14-15H2. The summed E-state index contributed by atoms with van der Waals surface area (Å²) in [5.74, 6) is 0.381. The van der Waals surface area contributed by atoms with Gasteiger partial charge in [-0.15, -0.1) is 0 Å². The van der Waals surface area contributed by atoms with Crippen LogP contribution in [-0.2, 0) is 4.74 Å². The fourth-order valence-corrected chi connectivity index (χ4v) is 2.00. The van der Waals surface area contributed by atoms with Crippen LogP contribution in [0.1, 0.15) is 11.5 Å². The molecule has 0 bridgehead atoms. The third-order valence-electron chi connectivity index (χ3n) is 2.85. The first-order valence-electron chi connectivity index (χ1n) is 5.74. The van der Waals surface area contributed by atoms with Crippen molar-refractivity contribution in [3.05, 3.63) is 35.9 Å². The molecule has 0 saturated carbocycles. The van der Waals surface area contributed by atoms with Crippen LogP contribution in [0.3, 0.4) is 0 Å². The molecule has 2 rings (SSSR count). The van der Waals surface area contributed by atoms with Gasteiger partial charge in [0.1, 0.15) is 6.61 Å². The zero-order valence-electron chi connectivity index (χ0n) is 10.1. The van der Waals surface area contributed by atoms with E-state index in [1.165, 1.54) is 0 Å². The van der Waals surface area contributed by atoms with Crippen molar-refractivity contribution in [1.82, 2.24) is 0 Å². The van der Waals surface area contributed by atoms with Crippen LogP contribution >= 0.6 is 0 Å². The Bertz CT molecular complexity index is 497. The van der Waals surface area contributed by atoms with Crippen molar-refractivity contribution >= 4 is 17.3 Å². The van der Waals surface area contributed by atoms with E-state index >= 15 is 0 Å². The van der Waals surface area contributed by atoms with Gasteiger partial charge in [-0.1, -0.05) is 6.58 Å². The molecule has 0 amide bonds. The Morgan fingerprint density at radius 3 is 2.94 bits per heavy atom. The molecule has 5 nitrogen and oxygen atoms in total. The molecule has 1 aliphatic heterocycles. The summed E-state index contributed by atoms with van der Waals surface area (Å²) in [6.07, 6.45) is 0. The number of benzene rings is 1. The molecular weight excluding hydrogens is 230 g/mol. The van der Waals surface area contributed by atoms with Gasteiger partial charge >= 0.3 is 0 Å². The van der Waals surface area contributed by atoms with Crippen LogP contribution in [0.15, 0.2) is 35.3 Å². The second-order valence-electron chi connectivity index (χ2n) is 4.21. The van der Waals surface area contributed by atoms with Crippen LogP contribution in [0.5, 0.6) is 0 Å². The predicted molar refractivity (Wildman–Crippen MR) is 72.5 cm³/mol. The number of nitrogen functional groups attached to an aromatic ring is 2. The van der Waals surface area contributed by atoms with Crippen molar-refractivity contribution in [1.29, 1.82) is 0 Å². The highest BCUT2D eigenvalue weighted by Gasteiger charge is 2.31. The molecule has 1 saturated heterocycles. The van der Waals surface area contributed by atoms with Gasteiger partial charge in [0.15, 0.2) is 5.90 Å². The summed E-state index contributed by atoms with van der Waals surface area (Å²) in [6, 6.07) is 5.33. The van der Waals surface area contributed by atoms with E-state index in [4.69, 9.17) is 21.3 Å². The van der Waals surface area contributed by atoms with Gasteiger partial charge < -0.3 is 21.3 Å². The highest BCUT2D eigenvalue weighted by molar-refractivity contribution is 5.91. The zero-order chi connectivity index (χ0) is 13.1. The van der Waals surface area contributed by atoms with Crippen molar-refractivity contribution in [2.75, 3.05) is 31.2 Å². The van der Waals surface area contributed by atoms with E-state index in [1.807, 2.05) is 6.07 Å². The Kier molecular flexibility index (Phi) is 3.53. The third kappa shape index (κ3) is 2.31. The molecular formula is C13H17N3O2. The maximum atomic E-state index is 8.82. The topological polar surface area (TPSA) is 93.9 Å². The van der Waals surface area contributed by atoms with E-state index in [1.54, 1.807) is 12.1 Å². The molecule has 5 heteroatoms. The summed E-state index contributed by atoms with van der Waals surface area (Å²) < 4.78 is 5.47. The maximum Gasteiger partial charge on any atom is 0.195 e. The minimum absolute atomic E-state index is 0.0154. The van der Waals surface area contributed by atoms with Crippen LogP contribution in [0.4, 0.5) is 11.4 Å². The third-order valence-corrected chi connectivity index (χ3v) is 2.85. The lowest BCUT2D eigenvalue weighted by atomic mass is 9.92. The minimum atomic E-state index is -0.167. The Hall–Kier alpha value is -2.01. The second kappa shape index (κ2) is 5.10. The van der Waals surface area contributed by atoms with Crippen molar-refractivity contribution in [2.24, 2.45) is 4.99 Å². The van der Waals surface area contributed by atoms with E-state index in [9.17, 15) is 0 Å². The molecule has 1 aliphatic rings. The summed E-state index contributed by atoms with van der Waals surface area (Å²) in [5.41, 5.74) is 14.8. The second-order valence-corrected chi connectivity index (χ2v) is 4.21. The summed E-state index contributed by atoms with van der Waals surface area (Å²) >= 11 is 0. The quantitative estimate of drug-likeness (QED) is 0.546. The first-order valence-corrected chi connectivity index (χ1v) is 5.74. The molecule has 96 valence electrons.